The Balaban J connectivity index is 4.43. The van der Waals surface area contributed by atoms with Crippen LogP contribution in [-0.4, -0.2) is 74.9 Å². The van der Waals surface area contributed by atoms with Gasteiger partial charge in [0.05, 0.1) is 27.7 Å². The predicted octanol–water partition coefficient (Wildman–Crippen LogP) is 10.8. The number of ether oxygens (including phenoxy) is 2. The van der Waals surface area contributed by atoms with E-state index in [4.69, 9.17) is 18.5 Å². The lowest BCUT2D eigenvalue weighted by atomic mass is 10.1. The van der Waals surface area contributed by atoms with E-state index in [0.717, 1.165) is 77.0 Å². The molecule has 0 aromatic carbocycles. The highest BCUT2D eigenvalue weighted by molar-refractivity contribution is 7.47. The highest BCUT2D eigenvalue weighted by atomic mass is 31.2. The van der Waals surface area contributed by atoms with Crippen LogP contribution in [0.3, 0.4) is 0 Å². The number of esters is 2. The summed E-state index contributed by atoms with van der Waals surface area (Å²) in [5, 5.41) is 0. The molecule has 0 aliphatic heterocycles. The fourth-order valence-corrected chi connectivity index (χ4v) is 5.96. The van der Waals surface area contributed by atoms with Crippen LogP contribution in [0.25, 0.3) is 0 Å². The van der Waals surface area contributed by atoms with Gasteiger partial charge in [0.25, 0.3) is 0 Å². The van der Waals surface area contributed by atoms with Crippen molar-refractivity contribution in [2.75, 3.05) is 47.5 Å². The third-order valence-electron chi connectivity index (χ3n) is 8.45. The Bertz CT molecular complexity index is 918. The molecule has 0 spiro atoms. The van der Waals surface area contributed by atoms with Crippen LogP contribution < -0.4 is 0 Å². The standard InChI is InChI=1S/C40H76NO8P/c1-6-8-10-12-14-16-18-19-20-21-23-25-27-29-31-33-40(43)49-38(37-48-50(44,45)47-35-34-41(3,4)5)36-46-39(42)32-30-28-26-24-22-17-15-13-11-9-7-2/h13,15,19-20,38H,6-12,14,16-18,21-37H2,1-5H3/p+1/b15-13+,20-19-/t38-/m1/s1. The van der Waals surface area contributed by atoms with Crippen molar-refractivity contribution in [3.63, 3.8) is 0 Å². The molecule has 0 rings (SSSR count). The molecular formula is C40H77NO8P+. The molecule has 1 N–H and O–H groups in total. The van der Waals surface area contributed by atoms with E-state index >= 15 is 0 Å². The van der Waals surface area contributed by atoms with Gasteiger partial charge in [-0.3, -0.25) is 18.6 Å². The fourth-order valence-electron chi connectivity index (χ4n) is 5.22. The molecule has 0 aliphatic rings. The van der Waals surface area contributed by atoms with Gasteiger partial charge in [0, 0.05) is 12.8 Å². The minimum Gasteiger partial charge on any atom is -0.462 e. The summed E-state index contributed by atoms with van der Waals surface area (Å²) in [4.78, 5) is 35.2. The molecule has 1 unspecified atom stereocenters. The summed E-state index contributed by atoms with van der Waals surface area (Å²) in [6.07, 6.45) is 33.6. The van der Waals surface area contributed by atoms with Crippen LogP contribution in [0.4, 0.5) is 0 Å². The molecule has 0 fully saturated rings. The summed E-state index contributed by atoms with van der Waals surface area (Å²) < 4.78 is 34.2. The summed E-state index contributed by atoms with van der Waals surface area (Å²) >= 11 is 0. The molecule has 2 atom stereocenters. The number of allylic oxidation sites excluding steroid dienone is 4. The molecule has 0 saturated heterocycles. The molecule has 0 amide bonds. The Morgan fingerprint density at radius 2 is 1.04 bits per heavy atom. The van der Waals surface area contributed by atoms with Gasteiger partial charge in [-0.25, -0.2) is 4.57 Å². The minimum absolute atomic E-state index is 0.0296. The highest BCUT2D eigenvalue weighted by Crippen LogP contribution is 2.43. The van der Waals surface area contributed by atoms with Crippen LogP contribution >= 0.6 is 7.82 Å². The molecule has 10 heteroatoms. The summed E-state index contributed by atoms with van der Waals surface area (Å²) in [5.41, 5.74) is 0. The van der Waals surface area contributed by atoms with Gasteiger partial charge >= 0.3 is 19.8 Å². The van der Waals surface area contributed by atoms with E-state index in [1.165, 1.54) is 57.8 Å². The van der Waals surface area contributed by atoms with Gasteiger partial charge in [0.1, 0.15) is 19.8 Å². The maximum Gasteiger partial charge on any atom is 0.472 e. The molecule has 0 radical (unpaired) electrons. The van der Waals surface area contributed by atoms with Gasteiger partial charge < -0.3 is 18.9 Å². The van der Waals surface area contributed by atoms with Crippen molar-refractivity contribution in [3.8, 4) is 0 Å². The molecule has 9 nitrogen and oxygen atoms in total. The molecule has 294 valence electrons. The first-order valence-corrected chi connectivity index (χ1v) is 21.6. The van der Waals surface area contributed by atoms with Gasteiger partial charge in [0.2, 0.25) is 0 Å². The number of likely N-dealkylation sites (N-methyl/N-ethyl adjacent to an activating group) is 1. The number of hydrogen-bond acceptors (Lipinski definition) is 7. The number of nitrogens with zero attached hydrogens (tertiary/aromatic N) is 1. The number of quaternary nitrogens is 1. The van der Waals surface area contributed by atoms with Crippen LogP contribution in [0.2, 0.25) is 0 Å². The predicted molar refractivity (Wildman–Crippen MR) is 206 cm³/mol. The molecule has 0 heterocycles. The monoisotopic (exact) mass is 731 g/mol. The van der Waals surface area contributed by atoms with Crippen LogP contribution in [-0.2, 0) is 32.7 Å². The normalized spacial score (nSPS) is 14.0. The number of unbranched alkanes of at least 4 members (excludes halogenated alkanes) is 18. The van der Waals surface area contributed by atoms with E-state index in [1.807, 2.05) is 21.1 Å². The Morgan fingerprint density at radius 3 is 1.54 bits per heavy atom. The van der Waals surface area contributed by atoms with Crippen molar-refractivity contribution in [3.05, 3.63) is 24.3 Å². The summed E-state index contributed by atoms with van der Waals surface area (Å²) in [5.74, 6) is -0.820. The number of rotatable bonds is 36. The van der Waals surface area contributed by atoms with Gasteiger partial charge in [-0.05, 0) is 57.8 Å². The third kappa shape index (κ3) is 36.3. The highest BCUT2D eigenvalue weighted by Gasteiger charge is 2.27. The van der Waals surface area contributed by atoms with E-state index in [2.05, 4.69) is 38.2 Å². The minimum atomic E-state index is -4.37. The number of phosphoric acid groups is 1. The van der Waals surface area contributed by atoms with Crippen molar-refractivity contribution < 1.29 is 42.1 Å². The van der Waals surface area contributed by atoms with E-state index in [1.54, 1.807) is 0 Å². The van der Waals surface area contributed by atoms with Gasteiger partial charge in [-0.1, -0.05) is 122 Å². The second-order valence-corrected chi connectivity index (χ2v) is 16.1. The van der Waals surface area contributed by atoms with E-state index in [0.29, 0.717) is 17.4 Å². The number of carbonyl (C=O) groups is 2. The first-order chi connectivity index (χ1) is 24.0. The van der Waals surface area contributed by atoms with Crippen molar-refractivity contribution in [2.24, 2.45) is 0 Å². The Hall–Kier alpha value is -1.51. The molecule has 0 aliphatic carbocycles. The maximum atomic E-state index is 12.6. The lowest BCUT2D eigenvalue weighted by Gasteiger charge is -2.24. The van der Waals surface area contributed by atoms with E-state index in [9.17, 15) is 19.0 Å². The topological polar surface area (TPSA) is 108 Å². The van der Waals surface area contributed by atoms with Crippen LogP contribution in [0.15, 0.2) is 24.3 Å². The number of carbonyl (C=O) groups excluding carboxylic acids is 2. The van der Waals surface area contributed by atoms with Gasteiger partial charge in [-0.2, -0.15) is 0 Å². The largest absolute Gasteiger partial charge is 0.472 e. The van der Waals surface area contributed by atoms with Crippen molar-refractivity contribution in [1.29, 1.82) is 0 Å². The van der Waals surface area contributed by atoms with Crippen LogP contribution in [0, 0.1) is 0 Å². The summed E-state index contributed by atoms with van der Waals surface area (Å²) in [6.45, 7) is 4.35. The first-order valence-electron chi connectivity index (χ1n) is 20.1. The van der Waals surface area contributed by atoms with E-state index in [-0.39, 0.29) is 32.0 Å². The maximum absolute atomic E-state index is 12.6. The zero-order valence-corrected chi connectivity index (χ0v) is 33.8. The van der Waals surface area contributed by atoms with Gasteiger partial charge in [0.15, 0.2) is 6.10 Å². The summed E-state index contributed by atoms with van der Waals surface area (Å²) in [6, 6.07) is 0. The lowest BCUT2D eigenvalue weighted by Crippen LogP contribution is -2.37. The molecule has 0 aromatic rings. The molecule has 0 aromatic heterocycles. The van der Waals surface area contributed by atoms with Crippen LogP contribution in [0.1, 0.15) is 168 Å². The molecule has 0 saturated carbocycles. The Kier molecular flexibility index (Phi) is 32.3. The second-order valence-electron chi connectivity index (χ2n) is 14.7. The van der Waals surface area contributed by atoms with E-state index < -0.39 is 26.5 Å². The Morgan fingerprint density at radius 1 is 0.600 bits per heavy atom. The Labute approximate surface area is 307 Å². The number of hydrogen-bond donors (Lipinski definition) is 1. The van der Waals surface area contributed by atoms with Crippen molar-refractivity contribution >= 4 is 19.8 Å². The first kappa shape index (κ1) is 48.5. The lowest BCUT2D eigenvalue weighted by molar-refractivity contribution is -0.870. The molecule has 50 heavy (non-hydrogen) atoms. The smallest absolute Gasteiger partial charge is 0.462 e. The zero-order chi connectivity index (χ0) is 37.2. The third-order valence-corrected chi connectivity index (χ3v) is 9.44. The molecule has 0 bridgehead atoms. The quantitative estimate of drug-likeness (QED) is 0.0223. The average Bonchev–Trinajstić information content (AvgIpc) is 3.06. The zero-order valence-electron chi connectivity index (χ0n) is 32.9. The van der Waals surface area contributed by atoms with Crippen LogP contribution in [0.5, 0.6) is 0 Å². The number of phosphoric ester groups is 1. The SMILES string of the molecule is CCCC/C=C/CCCCCCCC(=O)OC[C@H](COP(=O)(O)OCC[N+](C)(C)C)OC(=O)CCCCCCC/C=C\CCCCCCCC. The van der Waals surface area contributed by atoms with Gasteiger partial charge in [-0.15, -0.1) is 0 Å². The fraction of sp³-hybridized carbons (Fsp3) is 0.850. The van der Waals surface area contributed by atoms with Crippen molar-refractivity contribution in [1.82, 2.24) is 0 Å². The molecular weight excluding hydrogens is 653 g/mol. The van der Waals surface area contributed by atoms with Crippen molar-refractivity contribution in [2.45, 2.75) is 174 Å². The second kappa shape index (κ2) is 33.3. The summed E-state index contributed by atoms with van der Waals surface area (Å²) in [7, 11) is 1.47. The average molecular weight is 731 g/mol.